The SMILES string of the molecule is C=CC(=O)OC1(C(=O)O)CCCC(OC(=O)C(=C)C)C1(CCC)C(=O)O. The van der Waals surface area contributed by atoms with Gasteiger partial charge in [-0.2, -0.15) is 0 Å². The number of aliphatic carboxylic acids is 2. The molecule has 0 spiro atoms. The maximum Gasteiger partial charge on any atom is 0.349 e. The molecule has 0 aromatic heterocycles. The summed E-state index contributed by atoms with van der Waals surface area (Å²) in [7, 11) is 0. The highest BCUT2D eigenvalue weighted by Gasteiger charge is 2.70. The van der Waals surface area contributed by atoms with Crippen LogP contribution in [-0.2, 0) is 28.7 Å². The third-order valence-electron chi connectivity index (χ3n) is 4.68. The molecule has 0 bridgehead atoms. The first-order chi connectivity index (χ1) is 12.1. The Hall–Kier alpha value is -2.64. The number of carboxylic acid groups (broad SMARTS) is 2. The molecule has 3 unspecified atom stereocenters. The van der Waals surface area contributed by atoms with Gasteiger partial charge in [-0.1, -0.05) is 26.5 Å². The van der Waals surface area contributed by atoms with Crippen molar-refractivity contribution in [3.8, 4) is 0 Å². The van der Waals surface area contributed by atoms with Crippen LogP contribution in [0.1, 0.15) is 46.0 Å². The fourth-order valence-electron chi connectivity index (χ4n) is 3.53. The zero-order chi connectivity index (χ0) is 20.1. The van der Waals surface area contributed by atoms with Crippen LogP contribution in [0.3, 0.4) is 0 Å². The summed E-state index contributed by atoms with van der Waals surface area (Å²) in [5.74, 6) is -4.98. The molecule has 1 saturated carbocycles. The van der Waals surface area contributed by atoms with E-state index in [9.17, 15) is 29.4 Å². The van der Waals surface area contributed by atoms with Crippen molar-refractivity contribution in [2.75, 3.05) is 0 Å². The van der Waals surface area contributed by atoms with E-state index in [2.05, 4.69) is 13.2 Å². The second kappa shape index (κ2) is 8.16. The van der Waals surface area contributed by atoms with Crippen LogP contribution in [0, 0.1) is 5.41 Å². The van der Waals surface area contributed by atoms with Crippen molar-refractivity contribution in [1.82, 2.24) is 0 Å². The normalized spacial score (nSPS) is 27.8. The van der Waals surface area contributed by atoms with Crippen LogP contribution < -0.4 is 0 Å². The minimum absolute atomic E-state index is 0.0513. The largest absolute Gasteiger partial charge is 0.481 e. The number of rotatable bonds is 8. The number of hydrogen-bond acceptors (Lipinski definition) is 6. The molecule has 1 aliphatic rings. The van der Waals surface area contributed by atoms with E-state index in [1.807, 2.05) is 0 Å². The first kappa shape index (κ1) is 21.4. The van der Waals surface area contributed by atoms with Crippen molar-refractivity contribution in [2.45, 2.75) is 57.7 Å². The molecular weight excluding hydrogens is 344 g/mol. The van der Waals surface area contributed by atoms with Gasteiger partial charge in [0, 0.05) is 11.6 Å². The van der Waals surface area contributed by atoms with Crippen molar-refractivity contribution < 1.29 is 38.9 Å². The quantitative estimate of drug-likeness (QED) is 0.492. The molecule has 8 nitrogen and oxygen atoms in total. The Morgan fingerprint density at radius 1 is 1.23 bits per heavy atom. The fraction of sp³-hybridized carbons (Fsp3) is 0.556. The minimum Gasteiger partial charge on any atom is -0.481 e. The summed E-state index contributed by atoms with van der Waals surface area (Å²) >= 11 is 0. The van der Waals surface area contributed by atoms with Crippen LogP contribution in [0.25, 0.3) is 0 Å². The zero-order valence-corrected chi connectivity index (χ0v) is 14.9. The van der Waals surface area contributed by atoms with Gasteiger partial charge >= 0.3 is 23.9 Å². The molecule has 26 heavy (non-hydrogen) atoms. The third-order valence-corrected chi connectivity index (χ3v) is 4.68. The lowest BCUT2D eigenvalue weighted by Crippen LogP contribution is -2.68. The van der Waals surface area contributed by atoms with E-state index in [0.717, 1.165) is 6.08 Å². The molecule has 1 fully saturated rings. The average Bonchev–Trinajstić information content (AvgIpc) is 2.56. The second-order valence-electron chi connectivity index (χ2n) is 6.35. The summed E-state index contributed by atoms with van der Waals surface area (Å²) in [6.07, 6.45) is -0.287. The van der Waals surface area contributed by atoms with Gasteiger partial charge in [0.15, 0.2) is 5.41 Å². The fourth-order valence-corrected chi connectivity index (χ4v) is 3.53. The van der Waals surface area contributed by atoms with Crippen molar-refractivity contribution in [3.05, 3.63) is 24.8 Å². The monoisotopic (exact) mass is 368 g/mol. The lowest BCUT2D eigenvalue weighted by Gasteiger charge is -2.50. The molecule has 2 N–H and O–H groups in total. The summed E-state index contributed by atoms with van der Waals surface area (Å²) in [5.41, 5.74) is -4.45. The second-order valence-corrected chi connectivity index (χ2v) is 6.35. The number of esters is 2. The van der Waals surface area contributed by atoms with Crippen molar-refractivity contribution in [2.24, 2.45) is 5.41 Å². The van der Waals surface area contributed by atoms with Gasteiger partial charge in [-0.05, 0) is 32.6 Å². The highest BCUT2D eigenvalue weighted by atomic mass is 16.6. The van der Waals surface area contributed by atoms with E-state index in [1.54, 1.807) is 6.92 Å². The summed E-state index contributed by atoms with van der Waals surface area (Å²) in [5, 5.41) is 19.9. The van der Waals surface area contributed by atoms with E-state index in [1.165, 1.54) is 6.92 Å². The summed E-state index contributed by atoms with van der Waals surface area (Å²) in [6, 6.07) is 0. The Labute approximate surface area is 151 Å². The summed E-state index contributed by atoms with van der Waals surface area (Å²) in [4.78, 5) is 48.3. The standard InChI is InChI=1S/C18H24O8/c1-5-9-17(15(21)22)12(25-14(20)11(3)4)8-7-10-18(17,16(23)24)26-13(19)6-2/h6,12H,2-3,5,7-10H2,1,4H3,(H,21,22)(H,23,24). The van der Waals surface area contributed by atoms with Crippen LogP contribution in [-0.4, -0.2) is 45.8 Å². The van der Waals surface area contributed by atoms with Crippen LogP contribution in [0.4, 0.5) is 0 Å². The van der Waals surface area contributed by atoms with E-state index >= 15 is 0 Å². The molecule has 0 aliphatic heterocycles. The Morgan fingerprint density at radius 3 is 2.27 bits per heavy atom. The van der Waals surface area contributed by atoms with Crippen molar-refractivity contribution >= 4 is 23.9 Å². The predicted molar refractivity (Wildman–Crippen MR) is 90.2 cm³/mol. The van der Waals surface area contributed by atoms with Gasteiger partial charge in [-0.3, -0.25) is 4.79 Å². The lowest BCUT2D eigenvalue weighted by atomic mass is 9.58. The number of carbonyl (C=O) groups is 4. The Balaban J connectivity index is 3.62. The number of carbonyl (C=O) groups excluding carboxylic acids is 2. The highest BCUT2D eigenvalue weighted by molar-refractivity contribution is 5.94. The number of carboxylic acids is 2. The van der Waals surface area contributed by atoms with Crippen LogP contribution in [0.5, 0.6) is 0 Å². The first-order valence-corrected chi connectivity index (χ1v) is 8.27. The highest BCUT2D eigenvalue weighted by Crippen LogP contribution is 2.52. The molecule has 0 saturated heterocycles. The van der Waals surface area contributed by atoms with Crippen molar-refractivity contribution in [3.63, 3.8) is 0 Å². The topological polar surface area (TPSA) is 127 Å². The first-order valence-electron chi connectivity index (χ1n) is 8.27. The number of ether oxygens (including phenoxy) is 2. The molecule has 0 heterocycles. The predicted octanol–water partition coefficient (Wildman–Crippen LogP) is 2.08. The zero-order valence-electron chi connectivity index (χ0n) is 14.9. The minimum atomic E-state index is -2.38. The lowest BCUT2D eigenvalue weighted by molar-refractivity contribution is -0.229. The van der Waals surface area contributed by atoms with Gasteiger partial charge < -0.3 is 19.7 Å². The smallest absolute Gasteiger partial charge is 0.349 e. The Morgan fingerprint density at radius 2 is 1.85 bits per heavy atom. The van der Waals surface area contributed by atoms with Gasteiger partial charge in [0.05, 0.1) is 0 Å². The van der Waals surface area contributed by atoms with E-state index in [0.29, 0.717) is 0 Å². The molecule has 0 aromatic carbocycles. The number of hydrogen-bond donors (Lipinski definition) is 2. The van der Waals surface area contributed by atoms with Gasteiger partial charge in [0.1, 0.15) is 6.10 Å². The van der Waals surface area contributed by atoms with Gasteiger partial charge in [0.25, 0.3) is 0 Å². The van der Waals surface area contributed by atoms with Gasteiger partial charge in [-0.15, -0.1) is 0 Å². The van der Waals surface area contributed by atoms with E-state index < -0.39 is 41.0 Å². The van der Waals surface area contributed by atoms with Gasteiger partial charge in [-0.25, -0.2) is 14.4 Å². The molecule has 1 aliphatic carbocycles. The molecule has 0 aromatic rings. The molecule has 1 rings (SSSR count). The molecule has 144 valence electrons. The Bertz CT molecular complexity index is 637. The molecule has 3 atom stereocenters. The van der Waals surface area contributed by atoms with Crippen LogP contribution in [0.2, 0.25) is 0 Å². The molecule has 0 amide bonds. The van der Waals surface area contributed by atoms with Crippen molar-refractivity contribution in [1.29, 1.82) is 0 Å². The maximum absolute atomic E-state index is 12.3. The molecule has 8 heteroatoms. The van der Waals surface area contributed by atoms with Gasteiger partial charge in [0.2, 0.25) is 5.60 Å². The van der Waals surface area contributed by atoms with Crippen LogP contribution >= 0.6 is 0 Å². The van der Waals surface area contributed by atoms with Crippen LogP contribution in [0.15, 0.2) is 24.8 Å². The summed E-state index contributed by atoms with van der Waals surface area (Å²) in [6.45, 7) is 9.75. The Kier molecular flexibility index (Phi) is 6.72. The molecular formula is C18H24O8. The maximum atomic E-state index is 12.3. The van der Waals surface area contributed by atoms with E-state index in [-0.39, 0.29) is 37.7 Å². The summed E-state index contributed by atoms with van der Waals surface area (Å²) < 4.78 is 10.4. The third kappa shape index (κ3) is 3.49. The average molecular weight is 368 g/mol. The molecule has 0 radical (unpaired) electrons. The van der Waals surface area contributed by atoms with E-state index in [4.69, 9.17) is 9.47 Å².